The van der Waals surface area contributed by atoms with Crippen molar-refractivity contribution in [1.29, 1.82) is 0 Å². The summed E-state index contributed by atoms with van der Waals surface area (Å²) in [6.45, 7) is 1.67. The number of aromatic nitrogens is 2. The Labute approximate surface area is 174 Å². The van der Waals surface area contributed by atoms with Crippen molar-refractivity contribution in [2.75, 3.05) is 10.6 Å². The summed E-state index contributed by atoms with van der Waals surface area (Å²) in [6.07, 6.45) is -5.24. The number of alkyl halides is 3. The van der Waals surface area contributed by atoms with Crippen LogP contribution in [-0.2, 0) is 6.18 Å². The van der Waals surface area contributed by atoms with E-state index in [4.69, 9.17) is 11.6 Å². The SMILES string of the molecule is Cc1cc(=O)n2c(n1)NC(Nc1cccc(C(F)(F)F)c1)=NC2c1ccc(Cl)cc1. The van der Waals surface area contributed by atoms with E-state index in [-0.39, 0.29) is 23.2 Å². The van der Waals surface area contributed by atoms with Gasteiger partial charge >= 0.3 is 6.18 Å². The summed E-state index contributed by atoms with van der Waals surface area (Å²) in [7, 11) is 0. The molecule has 0 aliphatic carbocycles. The minimum absolute atomic E-state index is 0.159. The first-order valence-electron chi connectivity index (χ1n) is 8.85. The van der Waals surface area contributed by atoms with Gasteiger partial charge in [0.2, 0.25) is 11.9 Å². The summed E-state index contributed by atoms with van der Waals surface area (Å²) in [6, 6.07) is 12.9. The molecule has 1 atom stereocenters. The van der Waals surface area contributed by atoms with E-state index in [0.29, 0.717) is 16.3 Å². The summed E-state index contributed by atoms with van der Waals surface area (Å²) >= 11 is 5.96. The van der Waals surface area contributed by atoms with Gasteiger partial charge in [-0.05, 0) is 42.8 Å². The fourth-order valence-electron chi connectivity index (χ4n) is 3.08. The van der Waals surface area contributed by atoms with Gasteiger partial charge < -0.3 is 5.32 Å². The van der Waals surface area contributed by atoms with Crippen molar-refractivity contribution in [2.45, 2.75) is 19.3 Å². The second kappa shape index (κ2) is 7.49. The smallest absolute Gasteiger partial charge is 0.326 e. The van der Waals surface area contributed by atoms with Crippen LogP contribution in [0.2, 0.25) is 5.02 Å². The third kappa shape index (κ3) is 4.02. The lowest BCUT2D eigenvalue weighted by atomic mass is 10.1. The zero-order chi connectivity index (χ0) is 21.5. The van der Waals surface area contributed by atoms with Gasteiger partial charge in [0, 0.05) is 22.5 Å². The number of hydrogen-bond acceptors (Lipinski definition) is 5. The first-order chi connectivity index (χ1) is 14.2. The number of benzene rings is 2. The monoisotopic (exact) mass is 433 g/mol. The van der Waals surface area contributed by atoms with Crippen molar-refractivity contribution in [1.82, 2.24) is 9.55 Å². The molecule has 3 aromatic rings. The Kier molecular flexibility index (Phi) is 4.98. The summed E-state index contributed by atoms with van der Waals surface area (Å²) < 4.78 is 40.4. The van der Waals surface area contributed by atoms with E-state index >= 15 is 0 Å². The van der Waals surface area contributed by atoms with Crippen molar-refractivity contribution in [3.8, 4) is 0 Å². The highest BCUT2D eigenvalue weighted by Crippen LogP contribution is 2.31. The van der Waals surface area contributed by atoms with Crippen LogP contribution in [0.1, 0.15) is 23.0 Å². The molecule has 0 bridgehead atoms. The first-order valence-corrected chi connectivity index (χ1v) is 9.23. The molecule has 0 amide bonds. The van der Waals surface area contributed by atoms with Gasteiger partial charge in [0.25, 0.3) is 5.56 Å². The van der Waals surface area contributed by atoms with Crippen LogP contribution in [0.3, 0.4) is 0 Å². The molecule has 6 nitrogen and oxygen atoms in total. The number of aliphatic imine (C=N–C) groups is 1. The minimum atomic E-state index is -4.47. The van der Waals surface area contributed by atoms with Gasteiger partial charge in [-0.1, -0.05) is 29.8 Å². The molecule has 1 aromatic heterocycles. The van der Waals surface area contributed by atoms with Crippen molar-refractivity contribution in [3.05, 3.63) is 86.8 Å². The molecule has 0 spiro atoms. The van der Waals surface area contributed by atoms with Crippen molar-refractivity contribution in [3.63, 3.8) is 0 Å². The fourth-order valence-corrected chi connectivity index (χ4v) is 3.21. The number of anilines is 2. The van der Waals surface area contributed by atoms with Crippen LogP contribution in [0.4, 0.5) is 24.8 Å². The van der Waals surface area contributed by atoms with Crippen molar-refractivity contribution >= 4 is 29.2 Å². The Hall–Kier alpha value is -3.33. The number of guanidine groups is 1. The molecule has 0 radical (unpaired) electrons. The van der Waals surface area contributed by atoms with Gasteiger partial charge in [-0.3, -0.25) is 14.7 Å². The Morgan fingerprint density at radius 3 is 2.57 bits per heavy atom. The maximum atomic E-state index is 13.0. The van der Waals surface area contributed by atoms with Crippen LogP contribution in [0, 0.1) is 6.92 Å². The zero-order valence-electron chi connectivity index (χ0n) is 15.5. The first kappa shape index (κ1) is 20.0. The van der Waals surface area contributed by atoms with Crippen LogP contribution in [0.15, 0.2) is 64.4 Å². The lowest BCUT2D eigenvalue weighted by Gasteiger charge is -2.27. The summed E-state index contributed by atoms with van der Waals surface area (Å²) in [5, 5.41) is 6.24. The van der Waals surface area contributed by atoms with Gasteiger partial charge in [-0.15, -0.1) is 0 Å². The van der Waals surface area contributed by atoms with E-state index in [9.17, 15) is 18.0 Å². The second-order valence-corrected chi connectivity index (χ2v) is 7.10. The third-order valence-electron chi connectivity index (χ3n) is 4.43. The van der Waals surface area contributed by atoms with E-state index in [0.717, 1.165) is 12.1 Å². The predicted octanol–water partition coefficient (Wildman–Crippen LogP) is 4.66. The maximum absolute atomic E-state index is 13.0. The Morgan fingerprint density at radius 1 is 1.13 bits per heavy atom. The molecule has 4 rings (SSSR count). The Balaban J connectivity index is 1.76. The van der Waals surface area contributed by atoms with E-state index in [1.807, 2.05) is 0 Å². The van der Waals surface area contributed by atoms with E-state index in [1.54, 1.807) is 31.2 Å². The van der Waals surface area contributed by atoms with Gasteiger partial charge in [0.1, 0.15) is 0 Å². The number of aryl methyl sites for hydroxylation is 1. The molecule has 30 heavy (non-hydrogen) atoms. The highest BCUT2D eigenvalue weighted by atomic mass is 35.5. The average molecular weight is 434 g/mol. The topological polar surface area (TPSA) is 71.3 Å². The van der Waals surface area contributed by atoms with Crippen molar-refractivity contribution in [2.24, 2.45) is 4.99 Å². The molecule has 154 valence electrons. The van der Waals surface area contributed by atoms with E-state index < -0.39 is 17.9 Å². The number of fused-ring (bicyclic) bond motifs is 1. The molecule has 0 saturated heterocycles. The largest absolute Gasteiger partial charge is 0.416 e. The maximum Gasteiger partial charge on any atom is 0.416 e. The summed E-state index contributed by atoms with van der Waals surface area (Å²) in [5.74, 6) is 0.385. The second-order valence-electron chi connectivity index (χ2n) is 6.66. The van der Waals surface area contributed by atoms with Crippen molar-refractivity contribution < 1.29 is 13.2 Å². The van der Waals surface area contributed by atoms with Gasteiger partial charge in [-0.25, -0.2) is 9.98 Å². The minimum Gasteiger partial charge on any atom is -0.326 e. The van der Waals surface area contributed by atoms with Crippen LogP contribution in [0.5, 0.6) is 0 Å². The Morgan fingerprint density at radius 2 is 1.87 bits per heavy atom. The lowest BCUT2D eigenvalue weighted by molar-refractivity contribution is -0.137. The van der Waals surface area contributed by atoms with Crippen LogP contribution < -0.4 is 16.2 Å². The summed E-state index contributed by atoms with van der Waals surface area (Å²) in [4.78, 5) is 21.4. The number of halogens is 4. The number of hydrogen-bond donors (Lipinski definition) is 2. The molecule has 2 aromatic carbocycles. The molecule has 2 heterocycles. The van der Waals surface area contributed by atoms with E-state index in [1.165, 1.54) is 22.8 Å². The normalized spacial score (nSPS) is 15.8. The molecule has 1 aliphatic rings. The molecule has 0 saturated carbocycles. The summed E-state index contributed by atoms with van der Waals surface area (Å²) in [5.41, 5.74) is 0.247. The third-order valence-corrected chi connectivity index (χ3v) is 4.68. The van der Waals surface area contributed by atoms with Crippen LogP contribution in [0.25, 0.3) is 0 Å². The van der Waals surface area contributed by atoms with Gasteiger partial charge in [0.05, 0.1) is 5.56 Å². The molecule has 1 aliphatic heterocycles. The number of nitrogens with zero attached hydrogens (tertiary/aromatic N) is 3. The molecule has 10 heteroatoms. The van der Waals surface area contributed by atoms with Crippen LogP contribution >= 0.6 is 11.6 Å². The predicted molar refractivity (Wildman–Crippen MR) is 109 cm³/mol. The van der Waals surface area contributed by atoms with Crippen LogP contribution in [-0.4, -0.2) is 15.5 Å². The zero-order valence-corrected chi connectivity index (χ0v) is 16.3. The highest BCUT2D eigenvalue weighted by Gasteiger charge is 2.31. The standard InChI is InChI=1S/C20H15ClF3N5O/c1-11-9-16(30)29-17(12-5-7-14(21)8-6-12)27-18(28-19(29)25-11)26-15-4-2-3-13(10-15)20(22,23)24/h2-10,17H,1H3,(H2,25,26,27,28). The number of nitrogens with one attached hydrogen (secondary N) is 2. The molecular formula is C20H15ClF3N5O. The van der Waals surface area contributed by atoms with Gasteiger partial charge in [0.15, 0.2) is 6.17 Å². The molecule has 0 fully saturated rings. The lowest BCUT2D eigenvalue weighted by Crippen LogP contribution is -2.37. The number of rotatable bonds is 2. The molecule has 1 unspecified atom stereocenters. The highest BCUT2D eigenvalue weighted by molar-refractivity contribution is 6.30. The molecule has 2 N–H and O–H groups in total. The van der Waals surface area contributed by atoms with E-state index in [2.05, 4.69) is 20.6 Å². The average Bonchev–Trinajstić information content (AvgIpc) is 2.67. The molecular weight excluding hydrogens is 419 g/mol. The quantitative estimate of drug-likeness (QED) is 0.616. The Bertz CT molecular complexity index is 1190. The van der Waals surface area contributed by atoms with Gasteiger partial charge in [-0.2, -0.15) is 13.2 Å². The fraction of sp³-hybridized carbons (Fsp3) is 0.150.